The lowest BCUT2D eigenvalue weighted by atomic mass is 10.1. The van der Waals surface area contributed by atoms with Crippen molar-refractivity contribution in [2.75, 3.05) is 13.2 Å². The average Bonchev–Trinajstić information content (AvgIpc) is 3.50. The first-order valence-corrected chi connectivity index (χ1v) is 11.7. The van der Waals surface area contributed by atoms with Gasteiger partial charge < -0.3 is 24.2 Å². The minimum absolute atomic E-state index is 0.0824. The van der Waals surface area contributed by atoms with Crippen LogP contribution in [0.2, 0.25) is 0 Å². The molecule has 32 heavy (non-hydrogen) atoms. The van der Waals surface area contributed by atoms with Crippen LogP contribution in [0.4, 0.5) is 0 Å². The van der Waals surface area contributed by atoms with Gasteiger partial charge in [-0.1, -0.05) is 30.0 Å². The first-order chi connectivity index (χ1) is 15.6. The third-order valence-electron chi connectivity index (χ3n) is 5.28. The first kappa shape index (κ1) is 22.3. The number of esters is 1. The zero-order chi connectivity index (χ0) is 22.5. The molecule has 1 aliphatic heterocycles. The summed E-state index contributed by atoms with van der Waals surface area (Å²) in [7, 11) is 0. The van der Waals surface area contributed by atoms with Crippen molar-refractivity contribution in [3.63, 3.8) is 0 Å². The first-order valence-electron chi connectivity index (χ1n) is 10.7. The van der Waals surface area contributed by atoms with Gasteiger partial charge in [0, 0.05) is 24.8 Å². The average molecular weight is 459 g/mol. The van der Waals surface area contributed by atoms with E-state index in [1.165, 1.54) is 11.8 Å². The molecule has 1 atom stereocenters. The van der Waals surface area contributed by atoms with Crippen molar-refractivity contribution in [1.82, 2.24) is 14.8 Å². The molecule has 0 bridgehead atoms. The Balaban J connectivity index is 1.59. The molecule has 1 saturated heterocycles. The molecule has 1 aromatic carbocycles. The van der Waals surface area contributed by atoms with Crippen molar-refractivity contribution in [2.24, 2.45) is 5.73 Å². The normalized spacial score (nSPS) is 16.0. The summed E-state index contributed by atoms with van der Waals surface area (Å²) in [5.74, 6) is 0.808. The SMILES string of the molecule is CCOC(=O)c1c(CSc2nnc(CCC(N)=O)n2CC2CCCO2)oc2ccccc12. The number of carbonyl (C=O) groups is 2. The molecule has 3 heterocycles. The summed E-state index contributed by atoms with van der Waals surface area (Å²) in [6.07, 6.45) is 2.68. The maximum absolute atomic E-state index is 12.6. The van der Waals surface area contributed by atoms with Crippen LogP contribution in [0.15, 0.2) is 33.8 Å². The molecule has 2 N–H and O–H groups in total. The number of rotatable bonds is 10. The van der Waals surface area contributed by atoms with E-state index in [0.717, 1.165) is 24.8 Å². The molecule has 0 aliphatic carbocycles. The van der Waals surface area contributed by atoms with E-state index < -0.39 is 5.97 Å². The van der Waals surface area contributed by atoms with Gasteiger partial charge in [-0.25, -0.2) is 4.79 Å². The number of hydrogen-bond donors (Lipinski definition) is 1. The highest BCUT2D eigenvalue weighted by atomic mass is 32.2. The molecule has 1 fully saturated rings. The van der Waals surface area contributed by atoms with Crippen LogP contribution in [0.25, 0.3) is 11.0 Å². The summed E-state index contributed by atoms with van der Waals surface area (Å²) in [5.41, 5.74) is 6.39. The number of hydrogen-bond acceptors (Lipinski definition) is 8. The van der Waals surface area contributed by atoms with Crippen LogP contribution in [0.3, 0.4) is 0 Å². The Labute approximate surface area is 189 Å². The molecule has 2 aromatic heterocycles. The minimum Gasteiger partial charge on any atom is -0.462 e. The molecule has 0 saturated carbocycles. The summed E-state index contributed by atoms with van der Waals surface area (Å²) >= 11 is 1.42. The zero-order valence-corrected chi connectivity index (χ0v) is 18.7. The maximum atomic E-state index is 12.6. The van der Waals surface area contributed by atoms with Gasteiger partial charge in [-0.15, -0.1) is 10.2 Å². The van der Waals surface area contributed by atoms with E-state index in [9.17, 15) is 9.59 Å². The van der Waals surface area contributed by atoms with Crippen LogP contribution in [0.5, 0.6) is 0 Å². The lowest BCUT2D eigenvalue weighted by Crippen LogP contribution is -2.19. The monoisotopic (exact) mass is 458 g/mol. The fraction of sp³-hybridized carbons (Fsp3) is 0.455. The van der Waals surface area contributed by atoms with Crippen molar-refractivity contribution in [1.29, 1.82) is 0 Å². The zero-order valence-electron chi connectivity index (χ0n) is 17.9. The number of amides is 1. The molecule has 0 radical (unpaired) electrons. The second-order valence-corrected chi connectivity index (χ2v) is 8.46. The Hall–Kier alpha value is -2.85. The lowest BCUT2D eigenvalue weighted by molar-refractivity contribution is -0.118. The third kappa shape index (κ3) is 4.97. The summed E-state index contributed by atoms with van der Waals surface area (Å²) < 4.78 is 19.0. The van der Waals surface area contributed by atoms with Gasteiger partial charge >= 0.3 is 5.97 Å². The van der Waals surface area contributed by atoms with Gasteiger partial charge in [0.2, 0.25) is 5.91 Å². The molecule has 1 unspecified atom stereocenters. The quantitative estimate of drug-likeness (QED) is 0.363. The predicted octanol–water partition coefficient (Wildman–Crippen LogP) is 3.09. The molecular formula is C22H26N4O5S. The second-order valence-electron chi connectivity index (χ2n) is 7.52. The molecule has 170 valence electrons. The fourth-order valence-corrected chi connectivity index (χ4v) is 4.67. The van der Waals surface area contributed by atoms with E-state index in [1.54, 1.807) is 6.92 Å². The highest BCUT2D eigenvalue weighted by Gasteiger charge is 2.24. The van der Waals surface area contributed by atoms with E-state index >= 15 is 0 Å². The number of thioether (sulfide) groups is 1. The smallest absolute Gasteiger partial charge is 0.342 e. The summed E-state index contributed by atoms with van der Waals surface area (Å²) in [4.78, 5) is 23.9. The summed E-state index contributed by atoms with van der Waals surface area (Å²) in [6.45, 7) is 3.40. The highest BCUT2D eigenvalue weighted by Crippen LogP contribution is 2.32. The number of fused-ring (bicyclic) bond motifs is 1. The number of ether oxygens (including phenoxy) is 2. The van der Waals surface area contributed by atoms with Gasteiger partial charge in [0.25, 0.3) is 0 Å². The minimum atomic E-state index is -0.406. The molecule has 9 nitrogen and oxygen atoms in total. The number of para-hydroxylation sites is 1. The number of nitrogens with zero attached hydrogens (tertiary/aromatic N) is 3. The lowest BCUT2D eigenvalue weighted by Gasteiger charge is -2.14. The largest absolute Gasteiger partial charge is 0.462 e. The van der Waals surface area contributed by atoms with Crippen LogP contribution < -0.4 is 5.73 Å². The number of carbonyl (C=O) groups excluding carboxylic acids is 2. The molecule has 10 heteroatoms. The van der Waals surface area contributed by atoms with Crippen molar-refractivity contribution in [2.45, 2.75) is 56.2 Å². The molecule has 1 aliphatic rings. The van der Waals surface area contributed by atoms with Gasteiger partial charge in [-0.2, -0.15) is 0 Å². The molecule has 1 amide bonds. The highest BCUT2D eigenvalue weighted by molar-refractivity contribution is 7.98. The van der Waals surface area contributed by atoms with Crippen molar-refractivity contribution in [3.8, 4) is 0 Å². The Kier molecular flexibility index (Phi) is 7.11. The number of furan rings is 1. The van der Waals surface area contributed by atoms with E-state index in [-0.39, 0.29) is 25.0 Å². The van der Waals surface area contributed by atoms with Gasteiger partial charge in [0.05, 0.1) is 25.0 Å². The number of aryl methyl sites for hydroxylation is 1. The van der Waals surface area contributed by atoms with E-state index in [1.807, 2.05) is 28.8 Å². The number of primary amides is 1. The summed E-state index contributed by atoms with van der Waals surface area (Å²) in [6, 6.07) is 7.40. The van der Waals surface area contributed by atoms with Crippen LogP contribution in [0.1, 0.15) is 48.1 Å². The van der Waals surface area contributed by atoms with Gasteiger partial charge in [0.1, 0.15) is 22.7 Å². The van der Waals surface area contributed by atoms with E-state index in [2.05, 4.69) is 10.2 Å². The molecule has 4 rings (SSSR count). The Morgan fingerprint density at radius 1 is 1.31 bits per heavy atom. The van der Waals surface area contributed by atoms with E-state index in [0.29, 0.717) is 46.6 Å². The third-order valence-corrected chi connectivity index (χ3v) is 6.25. The summed E-state index contributed by atoms with van der Waals surface area (Å²) in [5, 5.41) is 10.0. The van der Waals surface area contributed by atoms with Gasteiger partial charge in [-0.05, 0) is 25.8 Å². The van der Waals surface area contributed by atoms with Crippen molar-refractivity contribution in [3.05, 3.63) is 41.4 Å². The van der Waals surface area contributed by atoms with E-state index in [4.69, 9.17) is 19.6 Å². The Morgan fingerprint density at radius 2 is 2.16 bits per heavy atom. The Morgan fingerprint density at radius 3 is 2.91 bits per heavy atom. The topological polar surface area (TPSA) is 122 Å². The van der Waals surface area contributed by atoms with Crippen LogP contribution >= 0.6 is 11.8 Å². The maximum Gasteiger partial charge on any atom is 0.342 e. The Bertz CT molecular complexity index is 1100. The molecule has 0 spiro atoms. The fourth-order valence-electron chi connectivity index (χ4n) is 3.78. The number of nitrogens with two attached hydrogens (primary N) is 1. The van der Waals surface area contributed by atoms with Crippen LogP contribution in [-0.4, -0.2) is 46.0 Å². The molecular weight excluding hydrogens is 432 g/mol. The van der Waals surface area contributed by atoms with Gasteiger partial charge in [0.15, 0.2) is 5.16 Å². The van der Waals surface area contributed by atoms with Crippen LogP contribution in [-0.2, 0) is 33.0 Å². The standard InChI is InChI=1S/C22H26N4O5S/c1-2-29-21(28)20-15-7-3-4-8-16(15)31-17(20)13-32-22-25-24-19(10-9-18(23)27)26(22)12-14-6-5-11-30-14/h3-4,7-8,14H,2,5-6,9-13H2,1H3,(H2,23,27). The molecule has 3 aromatic rings. The van der Waals surface area contributed by atoms with Crippen LogP contribution in [0, 0.1) is 0 Å². The second kappa shape index (κ2) is 10.2. The number of benzene rings is 1. The van der Waals surface area contributed by atoms with Crippen molar-refractivity contribution >= 4 is 34.6 Å². The van der Waals surface area contributed by atoms with Gasteiger partial charge in [-0.3, -0.25) is 4.79 Å². The number of aromatic nitrogens is 3. The van der Waals surface area contributed by atoms with Crippen molar-refractivity contribution < 1.29 is 23.5 Å². The predicted molar refractivity (Wildman–Crippen MR) is 118 cm³/mol.